The number of benzene rings is 3. The third-order valence-electron chi connectivity index (χ3n) is 4.83. The van der Waals surface area contributed by atoms with Crippen LogP contribution in [0.15, 0.2) is 78.9 Å². The Morgan fingerprint density at radius 2 is 1.19 bits per heavy atom. The average Bonchev–Trinajstić information content (AvgIpc) is 2.63. The molecule has 0 aliphatic carbocycles. The minimum atomic E-state index is -3.00. The van der Waals surface area contributed by atoms with Gasteiger partial charge in [0.1, 0.15) is 7.14 Å². The fourth-order valence-corrected chi connectivity index (χ4v) is 6.20. The molecule has 0 radical (unpaired) electrons. The van der Waals surface area contributed by atoms with Crippen molar-refractivity contribution in [3.8, 4) is 0 Å². The second-order valence-electron chi connectivity index (χ2n) is 7.21. The lowest BCUT2D eigenvalue weighted by Crippen LogP contribution is -2.32. The molecular formula is C23H25O2P. The lowest BCUT2D eigenvalue weighted by molar-refractivity contribution is 0.0820. The van der Waals surface area contributed by atoms with Gasteiger partial charge in [-0.3, -0.25) is 0 Å². The summed E-state index contributed by atoms with van der Waals surface area (Å²) in [6, 6.07) is 25.1. The van der Waals surface area contributed by atoms with Crippen LogP contribution in [0.2, 0.25) is 0 Å². The van der Waals surface area contributed by atoms with Gasteiger partial charge in [-0.2, -0.15) is 0 Å². The van der Waals surface area contributed by atoms with Crippen LogP contribution in [-0.2, 0) is 10.2 Å². The molecule has 3 aromatic rings. The molecule has 3 aromatic carbocycles. The molecule has 26 heavy (non-hydrogen) atoms. The molecule has 0 fully saturated rings. The second-order valence-corrected chi connectivity index (χ2v) is 10.0. The van der Waals surface area contributed by atoms with Crippen molar-refractivity contribution in [3.05, 3.63) is 95.6 Å². The molecule has 1 N–H and O–H groups in total. The van der Waals surface area contributed by atoms with E-state index >= 15 is 0 Å². The van der Waals surface area contributed by atoms with Gasteiger partial charge in [-0.05, 0) is 26.3 Å². The zero-order valence-electron chi connectivity index (χ0n) is 15.5. The van der Waals surface area contributed by atoms with E-state index in [1.165, 1.54) is 0 Å². The molecule has 134 valence electrons. The fourth-order valence-electron chi connectivity index (χ4n) is 3.22. The molecule has 0 aliphatic rings. The van der Waals surface area contributed by atoms with Crippen molar-refractivity contribution in [1.82, 2.24) is 0 Å². The van der Waals surface area contributed by atoms with Gasteiger partial charge >= 0.3 is 0 Å². The van der Waals surface area contributed by atoms with Gasteiger partial charge in [0.25, 0.3) is 0 Å². The lowest BCUT2D eigenvalue weighted by Gasteiger charge is -2.30. The summed E-state index contributed by atoms with van der Waals surface area (Å²) >= 11 is 0. The fraction of sp³-hybridized carbons (Fsp3) is 0.217. The molecule has 0 bridgehead atoms. The number of aryl methyl sites for hydroxylation is 2. The van der Waals surface area contributed by atoms with Crippen LogP contribution in [-0.4, -0.2) is 11.3 Å². The van der Waals surface area contributed by atoms with Crippen LogP contribution in [0.1, 0.15) is 23.6 Å². The molecule has 1 atom stereocenters. The predicted molar refractivity (Wildman–Crippen MR) is 110 cm³/mol. The van der Waals surface area contributed by atoms with Crippen LogP contribution in [0, 0.1) is 13.8 Å². The first-order valence-corrected chi connectivity index (χ1v) is 10.7. The Morgan fingerprint density at radius 1 is 0.769 bits per heavy atom. The van der Waals surface area contributed by atoms with E-state index in [1.807, 2.05) is 92.7 Å². The molecule has 3 heteroatoms. The zero-order chi connectivity index (χ0) is 18.8. The van der Waals surface area contributed by atoms with Crippen molar-refractivity contribution >= 4 is 17.8 Å². The largest absolute Gasteiger partial charge is 0.385 e. The Balaban J connectivity index is 2.10. The molecule has 0 aliphatic heterocycles. The van der Waals surface area contributed by atoms with Crippen molar-refractivity contribution in [1.29, 1.82) is 0 Å². The Bertz CT molecular complexity index is 861. The summed E-state index contributed by atoms with van der Waals surface area (Å²) in [5.41, 5.74) is 1.84. The van der Waals surface area contributed by atoms with Crippen LogP contribution in [0.5, 0.6) is 0 Å². The van der Waals surface area contributed by atoms with E-state index in [1.54, 1.807) is 6.92 Å². The molecular weight excluding hydrogens is 339 g/mol. The smallest absolute Gasteiger partial charge is 0.146 e. The predicted octanol–water partition coefficient (Wildman–Crippen LogP) is 4.53. The summed E-state index contributed by atoms with van der Waals surface area (Å²) in [4.78, 5) is 0. The van der Waals surface area contributed by atoms with Gasteiger partial charge in [0.05, 0.1) is 5.60 Å². The van der Waals surface area contributed by atoms with Gasteiger partial charge in [0.15, 0.2) is 0 Å². The highest BCUT2D eigenvalue weighted by Gasteiger charge is 2.37. The minimum absolute atomic E-state index is 0.163. The average molecular weight is 364 g/mol. The van der Waals surface area contributed by atoms with Gasteiger partial charge in [0, 0.05) is 16.8 Å². The molecule has 0 saturated carbocycles. The summed E-state index contributed by atoms with van der Waals surface area (Å²) in [7, 11) is -3.00. The summed E-state index contributed by atoms with van der Waals surface area (Å²) in [6.07, 6.45) is 0.163. The third-order valence-corrected chi connectivity index (χ3v) is 8.15. The van der Waals surface area contributed by atoms with Gasteiger partial charge in [-0.25, -0.2) is 0 Å². The SMILES string of the molecule is Cc1ccc(P(=O)(CC(C)(O)c2ccccc2)c2ccc(C)cc2)cc1. The molecule has 0 spiro atoms. The van der Waals surface area contributed by atoms with Crippen LogP contribution in [0.3, 0.4) is 0 Å². The number of aliphatic hydroxyl groups is 1. The summed E-state index contributed by atoms with van der Waals surface area (Å²) < 4.78 is 14.3. The maximum absolute atomic E-state index is 14.3. The summed E-state index contributed by atoms with van der Waals surface area (Å²) in [6.45, 7) is 5.78. The molecule has 1 unspecified atom stereocenters. The van der Waals surface area contributed by atoms with Crippen molar-refractivity contribution < 1.29 is 9.67 Å². The number of hydrogen-bond acceptors (Lipinski definition) is 2. The Morgan fingerprint density at radius 3 is 1.62 bits per heavy atom. The minimum Gasteiger partial charge on any atom is -0.385 e. The topological polar surface area (TPSA) is 37.3 Å². The Labute approximate surface area is 155 Å². The van der Waals surface area contributed by atoms with Gasteiger partial charge in [-0.1, -0.05) is 90.0 Å². The molecule has 0 aromatic heterocycles. The van der Waals surface area contributed by atoms with Crippen LogP contribution < -0.4 is 10.6 Å². The summed E-state index contributed by atoms with van der Waals surface area (Å²) in [5, 5.41) is 12.7. The van der Waals surface area contributed by atoms with Gasteiger partial charge in [0.2, 0.25) is 0 Å². The van der Waals surface area contributed by atoms with E-state index in [9.17, 15) is 9.67 Å². The first-order valence-electron chi connectivity index (χ1n) is 8.83. The first kappa shape index (κ1) is 18.6. The quantitative estimate of drug-likeness (QED) is 0.676. The first-order chi connectivity index (χ1) is 12.3. The standard InChI is InChI=1S/C23H25O2P/c1-18-9-13-21(14-10-18)26(25,22-15-11-19(2)12-16-22)17-23(3,24)20-7-5-4-6-8-20/h4-16,24H,17H2,1-3H3. The highest BCUT2D eigenvalue weighted by atomic mass is 31.2. The van der Waals surface area contributed by atoms with E-state index in [4.69, 9.17) is 0 Å². The Kier molecular flexibility index (Phi) is 5.18. The van der Waals surface area contributed by atoms with E-state index in [0.717, 1.165) is 27.3 Å². The molecule has 3 rings (SSSR count). The summed E-state index contributed by atoms with van der Waals surface area (Å²) in [5.74, 6) is 0. The van der Waals surface area contributed by atoms with Crippen molar-refractivity contribution in [2.45, 2.75) is 26.4 Å². The highest BCUT2D eigenvalue weighted by Crippen LogP contribution is 2.48. The monoisotopic (exact) mass is 364 g/mol. The highest BCUT2D eigenvalue weighted by molar-refractivity contribution is 7.78. The van der Waals surface area contributed by atoms with Crippen molar-refractivity contribution in [3.63, 3.8) is 0 Å². The number of hydrogen-bond donors (Lipinski definition) is 1. The second kappa shape index (κ2) is 7.23. The number of rotatable bonds is 5. The molecule has 2 nitrogen and oxygen atoms in total. The van der Waals surface area contributed by atoms with Crippen molar-refractivity contribution in [2.75, 3.05) is 6.16 Å². The van der Waals surface area contributed by atoms with Crippen LogP contribution in [0.25, 0.3) is 0 Å². The maximum Gasteiger partial charge on any atom is 0.146 e. The van der Waals surface area contributed by atoms with E-state index in [2.05, 4.69) is 0 Å². The van der Waals surface area contributed by atoms with Crippen LogP contribution in [0.4, 0.5) is 0 Å². The van der Waals surface area contributed by atoms with E-state index in [-0.39, 0.29) is 6.16 Å². The Hall–Kier alpha value is -2.15. The van der Waals surface area contributed by atoms with Crippen LogP contribution >= 0.6 is 7.14 Å². The molecule has 0 amide bonds. The third kappa shape index (κ3) is 3.82. The normalized spacial score (nSPS) is 14.0. The molecule has 0 heterocycles. The lowest BCUT2D eigenvalue weighted by atomic mass is 9.99. The van der Waals surface area contributed by atoms with E-state index < -0.39 is 12.7 Å². The maximum atomic E-state index is 14.3. The van der Waals surface area contributed by atoms with Gasteiger partial charge in [-0.15, -0.1) is 0 Å². The van der Waals surface area contributed by atoms with Crippen molar-refractivity contribution in [2.24, 2.45) is 0 Å². The van der Waals surface area contributed by atoms with Gasteiger partial charge < -0.3 is 9.67 Å². The van der Waals surface area contributed by atoms with E-state index in [0.29, 0.717) is 0 Å². The zero-order valence-corrected chi connectivity index (χ0v) is 16.4. The molecule has 0 saturated heterocycles.